The zero-order chi connectivity index (χ0) is 18.6. The summed E-state index contributed by atoms with van der Waals surface area (Å²) in [6.45, 7) is 3.69. The van der Waals surface area contributed by atoms with Gasteiger partial charge in [-0.15, -0.1) is 0 Å². The van der Waals surface area contributed by atoms with E-state index in [1.165, 1.54) is 0 Å². The smallest absolute Gasteiger partial charge is 0.223 e. The van der Waals surface area contributed by atoms with Crippen molar-refractivity contribution in [1.29, 1.82) is 0 Å². The van der Waals surface area contributed by atoms with Crippen LogP contribution in [-0.2, 0) is 20.7 Å². The van der Waals surface area contributed by atoms with Crippen molar-refractivity contribution in [1.82, 2.24) is 15.0 Å². The summed E-state index contributed by atoms with van der Waals surface area (Å²) in [6.07, 6.45) is 4.15. The zero-order valence-corrected chi connectivity index (χ0v) is 16.0. The van der Waals surface area contributed by atoms with Crippen molar-refractivity contribution in [3.63, 3.8) is 0 Å². The van der Waals surface area contributed by atoms with Gasteiger partial charge in [0.1, 0.15) is 5.76 Å². The molecule has 0 atom stereocenters. The first-order valence-electron chi connectivity index (χ1n) is 9.17. The number of likely N-dealkylation sites (tertiary alicyclic amines) is 2. The predicted octanol–water partition coefficient (Wildman–Crippen LogP) is 2.14. The quantitative estimate of drug-likeness (QED) is 0.674. The Labute approximate surface area is 158 Å². The lowest BCUT2D eigenvalue weighted by molar-refractivity contribution is -0.133. The number of ether oxygens (including phenoxy) is 1. The van der Waals surface area contributed by atoms with Gasteiger partial charge >= 0.3 is 0 Å². The van der Waals surface area contributed by atoms with Gasteiger partial charge in [-0.2, -0.15) is 0 Å². The van der Waals surface area contributed by atoms with Crippen LogP contribution in [0.5, 0.6) is 0 Å². The Balaban J connectivity index is 1.44. The van der Waals surface area contributed by atoms with Crippen LogP contribution in [0.4, 0.5) is 0 Å². The van der Waals surface area contributed by atoms with E-state index >= 15 is 0 Å². The predicted molar refractivity (Wildman–Crippen MR) is 95.8 cm³/mol. The van der Waals surface area contributed by atoms with Crippen molar-refractivity contribution in [3.8, 4) is 0 Å². The summed E-state index contributed by atoms with van der Waals surface area (Å²) in [5, 5.41) is 3.93. The van der Waals surface area contributed by atoms with Crippen molar-refractivity contribution < 1.29 is 18.8 Å². The summed E-state index contributed by atoms with van der Waals surface area (Å²) in [5.74, 6) is 0.988. The van der Waals surface area contributed by atoms with Crippen LogP contribution in [0.1, 0.15) is 37.9 Å². The number of aromatic nitrogens is 1. The second-order valence-electron chi connectivity index (χ2n) is 7.34. The molecule has 26 heavy (non-hydrogen) atoms. The largest absolute Gasteiger partial charge is 0.385 e. The molecule has 7 nitrogen and oxygen atoms in total. The van der Waals surface area contributed by atoms with Crippen molar-refractivity contribution >= 4 is 23.4 Å². The Kier molecular flexibility index (Phi) is 6.19. The summed E-state index contributed by atoms with van der Waals surface area (Å²) in [6, 6.07) is 1.64. The first-order chi connectivity index (χ1) is 12.5. The third kappa shape index (κ3) is 4.57. The van der Waals surface area contributed by atoms with Gasteiger partial charge in [0.25, 0.3) is 0 Å². The molecular weight excluding hydrogens is 358 g/mol. The van der Waals surface area contributed by atoms with Gasteiger partial charge in [0.15, 0.2) is 5.15 Å². The number of carbonyl (C=O) groups excluding carboxylic acids is 2. The number of rotatable bonds is 7. The number of piperidine rings is 1. The molecule has 2 amide bonds. The summed E-state index contributed by atoms with van der Waals surface area (Å²) in [7, 11) is 1.68. The minimum Gasteiger partial charge on any atom is -0.385 e. The molecule has 0 N–H and O–H groups in total. The van der Waals surface area contributed by atoms with E-state index in [0.717, 1.165) is 45.4 Å². The van der Waals surface area contributed by atoms with E-state index in [-0.39, 0.29) is 17.2 Å². The monoisotopic (exact) mass is 383 g/mol. The second kappa shape index (κ2) is 8.39. The minimum atomic E-state index is 0.0411. The molecule has 3 heterocycles. The molecular formula is C18H26ClN3O4. The van der Waals surface area contributed by atoms with Crippen molar-refractivity contribution in [3.05, 3.63) is 17.0 Å². The molecule has 0 radical (unpaired) electrons. The van der Waals surface area contributed by atoms with Crippen LogP contribution in [0.2, 0.25) is 5.15 Å². The highest BCUT2D eigenvalue weighted by Crippen LogP contribution is 2.41. The molecule has 0 saturated carbocycles. The van der Waals surface area contributed by atoms with E-state index in [2.05, 4.69) is 5.16 Å². The van der Waals surface area contributed by atoms with Gasteiger partial charge in [-0.25, -0.2) is 0 Å². The Morgan fingerprint density at radius 2 is 2.19 bits per heavy atom. The molecule has 8 heteroatoms. The van der Waals surface area contributed by atoms with Crippen LogP contribution in [0.15, 0.2) is 10.6 Å². The topological polar surface area (TPSA) is 75.9 Å². The van der Waals surface area contributed by atoms with Gasteiger partial charge < -0.3 is 19.1 Å². The summed E-state index contributed by atoms with van der Waals surface area (Å²) >= 11 is 5.72. The van der Waals surface area contributed by atoms with E-state index in [1.807, 2.05) is 9.80 Å². The third-order valence-corrected chi connectivity index (χ3v) is 5.65. The van der Waals surface area contributed by atoms with Gasteiger partial charge in [0.2, 0.25) is 11.8 Å². The Hall–Kier alpha value is -1.60. The highest BCUT2D eigenvalue weighted by molar-refractivity contribution is 6.29. The Morgan fingerprint density at radius 1 is 1.42 bits per heavy atom. The van der Waals surface area contributed by atoms with E-state index in [9.17, 15) is 9.59 Å². The SMILES string of the molecule is COCCCN1CC2(CCN(C(=O)CCc3cc(Cl)no3)CC2)CC1=O. The number of hydrogen-bond acceptors (Lipinski definition) is 5. The van der Waals surface area contributed by atoms with Crippen LogP contribution in [-0.4, -0.2) is 66.7 Å². The van der Waals surface area contributed by atoms with E-state index in [1.54, 1.807) is 13.2 Å². The lowest BCUT2D eigenvalue weighted by Gasteiger charge is -2.38. The number of hydrogen-bond donors (Lipinski definition) is 0. The van der Waals surface area contributed by atoms with Gasteiger partial charge in [-0.05, 0) is 19.3 Å². The molecule has 3 rings (SSSR count). The van der Waals surface area contributed by atoms with Crippen LogP contribution in [0.25, 0.3) is 0 Å². The van der Waals surface area contributed by atoms with E-state index in [0.29, 0.717) is 36.8 Å². The molecule has 0 aliphatic carbocycles. The van der Waals surface area contributed by atoms with Gasteiger partial charge in [-0.3, -0.25) is 9.59 Å². The maximum Gasteiger partial charge on any atom is 0.223 e. The highest BCUT2D eigenvalue weighted by Gasteiger charge is 2.45. The maximum absolute atomic E-state index is 12.4. The molecule has 2 aliphatic heterocycles. The fourth-order valence-electron chi connectivity index (χ4n) is 3.94. The Morgan fingerprint density at radius 3 is 2.85 bits per heavy atom. The molecule has 1 aromatic heterocycles. The van der Waals surface area contributed by atoms with Crippen molar-refractivity contribution in [2.24, 2.45) is 5.41 Å². The number of amides is 2. The Bertz CT molecular complexity index is 640. The van der Waals surface area contributed by atoms with Crippen molar-refractivity contribution in [2.75, 3.05) is 39.9 Å². The van der Waals surface area contributed by atoms with Gasteiger partial charge in [0, 0.05) is 70.6 Å². The molecule has 2 fully saturated rings. The molecule has 0 bridgehead atoms. The number of carbonyl (C=O) groups is 2. The fourth-order valence-corrected chi connectivity index (χ4v) is 4.10. The zero-order valence-electron chi connectivity index (χ0n) is 15.2. The summed E-state index contributed by atoms with van der Waals surface area (Å²) < 4.78 is 10.1. The van der Waals surface area contributed by atoms with Crippen molar-refractivity contribution in [2.45, 2.75) is 38.5 Å². The molecule has 0 aromatic carbocycles. The number of methoxy groups -OCH3 is 1. The number of aryl methyl sites for hydroxylation is 1. The van der Waals surface area contributed by atoms with Crippen LogP contribution >= 0.6 is 11.6 Å². The van der Waals surface area contributed by atoms with Crippen LogP contribution in [0, 0.1) is 5.41 Å². The lowest BCUT2D eigenvalue weighted by Crippen LogP contribution is -2.44. The van der Waals surface area contributed by atoms with Gasteiger partial charge in [0.05, 0.1) is 0 Å². The van der Waals surface area contributed by atoms with Gasteiger partial charge in [-0.1, -0.05) is 16.8 Å². The number of halogens is 1. The summed E-state index contributed by atoms with van der Waals surface area (Å²) in [5.41, 5.74) is 0.0411. The van der Waals surface area contributed by atoms with Crippen LogP contribution < -0.4 is 0 Å². The highest BCUT2D eigenvalue weighted by atomic mass is 35.5. The molecule has 1 aromatic rings. The summed E-state index contributed by atoms with van der Waals surface area (Å²) in [4.78, 5) is 28.6. The van der Waals surface area contributed by atoms with E-state index in [4.69, 9.17) is 20.9 Å². The average Bonchev–Trinajstić information content (AvgIpc) is 3.17. The average molecular weight is 384 g/mol. The second-order valence-corrected chi connectivity index (χ2v) is 7.72. The first-order valence-corrected chi connectivity index (χ1v) is 9.55. The molecule has 2 saturated heterocycles. The molecule has 1 spiro atoms. The van der Waals surface area contributed by atoms with Crippen LogP contribution in [0.3, 0.4) is 0 Å². The molecule has 0 unspecified atom stereocenters. The molecule has 2 aliphatic rings. The van der Waals surface area contributed by atoms with E-state index < -0.39 is 0 Å². The molecule has 144 valence electrons. The lowest BCUT2D eigenvalue weighted by atomic mass is 9.77. The normalized spacial score (nSPS) is 19.5. The maximum atomic E-state index is 12.4. The number of nitrogens with zero attached hydrogens (tertiary/aromatic N) is 3. The fraction of sp³-hybridized carbons (Fsp3) is 0.722. The third-order valence-electron chi connectivity index (χ3n) is 5.47. The minimum absolute atomic E-state index is 0.0411. The standard InChI is InChI=1S/C18H26ClN3O4/c1-25-10-2-7-22-13-18(12-17(22)24)5-8-21(9-6-18)16(23)4-3-14-11-15(19)20-26-14/h11H,2-10,12-13H2,1H3. The first kappa shape index (κ1) is 19.2.